The molecule has 1 unspecified atom stereocenters. The zero-order chi connectivity index (χ0) is 15.2. The number of anilines is 1. The quantitative estimate of drug-likeness (QED) is 0.580. The van der Waals surface area contributed by atoms with Crippen molar-refractivity contribution in [2.24, 2.45) is 0 Å². The molecule has 0 radical (unpaired) electrons. The Morgan fingerprint density at radius 3 is 2.85 bits per heavy atom. The first-order valence-corrected chi connectivity index (χ1v) is 6.04. The van der Waals surface area contributed by atoms with Gasteiger partial charge >= 0.3 is 5.69 Å². The Balaban J connectivity index is 2.88. The molecule has 0 aliphatic carbocycles. The fourth-order valence-corrected chi connectivity index (χ4v) is 1.67. The number of rotatable bonds is 7. The van der Waals surface area contributed by atoms with Gasteiger partial charge in [0.25, 0.3) is 0 Å². The van der Waals surface area contributed by atoms with E-state index >= 15 is 0 Å². The van der Waals surface area contributed by atoms with Crippen LogP contribution in [-0.2, 0) is 4.74 Å². The van der Waals surface area contributed by atoms with Gasteiger partial charge in [0.2, 0.25) is 0 Å². The van der Waals surface area contributed by atoms with Crippen LogP contribution in [0, 0.1) is 21.4 Å². The van der Waals surface area contributed by atoms with Crippen LogP contribution in [0.3, 0.4) is 0 Å². The summed E-state index contributed by atoms with van der Waals surface area (Å²) in [5.74, 6) is 0. The van der Waals surface area contributed by atoms with E-state index in [-0.39, 0.29) is 23.5 Å². The zero-order valence-electron chi connectivity index (χ0n) is 11.4. The van der Waals surface area contributed by atoms with Crippen LogP contribution < -0.4 is 5.32 Å². The highest BCUT2D eigenvalue weighted by atomic mass is 16.6. The first kappa shape index (κ1) is 15.9. The Labute approximate surface area is 116 Å². The summed E-state index contributed by atoms with van der Waals surface area (Å²) in [7, 11) is 1.53. The molecule has 0 heterocycles. The molecule has 1 rings (SSSR count). The number of hydrogen-bond donors (Lipinski definition) is 2. The summed E-state index contributed by atoms with van der Waals surface area (Å²) < 4.78 is 4.89. The first-order valence-electron chi connectivity index (χ1n) is 6.04. The molecule has 0 amide bonds. The second-order valence-electron chi connectivity index (χ2n) is 4.66. The molecular formula is C13H17N3O4. The van der Waals surface area contributed by atoms with Crippen LogP contribution in [0.25, 0.3) is 0 Å². The second-order valence-corrected chi connectivity index (χ2v) is 4.66. The monoisotopic (exact) mass is 279 g/mol. The largest absolute Gasteiger partial charge is 0.388 e. The van der Waals surface area contributed by atoms with Crippen LogP contribution in [-0.4, -0.2) is 35.9 Å². The Morgan fingerprint density at radius 2 is 2.30 bits per heavy atom. The van der Waals surface area contributed by atoms with Gasteiger partial charge in [-0.15, -0.1) is 0 Å². The van der Waals surface area contributed by atoms with E-state index in [0.717, 1.165) is 0 Å². The van der Waals surface area contributed by atoms with Gasteiger partial charge in [0.1, 0.15) is 17.3 Å². The van der Waals surface area contributed by atoms with Gasteiger partial charge < -0.3 is 15.2 Å². The van der Waals surface area contributed by atoms with Crippen molar-refractivity contribution in [2.45, 2.75) is 18.9 Å². The smallest absolute Gasteiger partial charge is 0.309 e. The molecule has 7 nitrogen and oxygen atoms in total. The number of nitriles is 1. The molecule has 1 aromatic rings. The van der Waals surface area contributed by atoms with E-state index in [2.05, 4.69) is 5.32 Å². The number of hydrogen-bond acceptors (Lipinski definition) is 6. The number of nitro benzene ring substituents is 1. The second kappa shape index (κ2) is 6.84. The molecule has 7 heteroatoms. The lowest BCUT2D eigenvalue weighted by Crippen LogP contribution is -2.34. The molecule has 108 valence electrons. The molecule has 2 N–H and O–H groups in total. The third kappa shape index (κ3) is 4.19. The minimum absolute atomic E-state index is 0.0171. The van der Waals surface area contributed by atoms with Gasteiger partial charge in [-0.2, -0.15) is 5.26 Å². The van der Waals surface area contributed by atoms with Crippen molar-refractivity contribution >= 4 is 11.4 Å². The lowest BCUT2D eigenvalue weighted by molar-refractivity contribution is -0.384. The summed E-state index contributed by atoms with van der Waals surface area (Å²) in [4.78, 5) is 10.4. The van der Waals surface area contributed by atoms with Gasteiger partial charge in [-0.3, -0.25) is 10.1 Å². The topological polar surface area (TPSA) is 108 Å². The van der Waals surface area contributed by atoms with E-state index < -0.39 is 10.5 Å². The SMILES string of the molecule is COCCC(C)(O)CNc1cccc(C#N)c1[N+](=O)[O-]. The molecule has 20 heavy (non-hydrogen) atoms. The van der Waals surface area contributed by atoms with Crippen molar-refractivity contribution in [1.29, 1.82) is 5.26 Å². The van der Waals surface area contributed by atoms with E-state index in [4.69, 9.17) is 10.00 Å². The maximum Gasteiger partial charge on any atom is 0.309 e. The summed E-state index contributed by atoms with van der Waals surface area (Å²) in [5.41, 5.74) is -1.15. The van der Waals surface area contributed by atoms with Gasteiger partial charge in [0.15, 0.2) is 0 Å². The van der Waals surface area contributed by atoms with Crippen molar-refractivity contribution in [3.63, 3.8) is 0 Å². The minimum atomic E-state index is -1.06. The number of nitrogens with one attached hydrogen (secondary N) is 1. The van der Waals surface area contributed by atoms with E-state index in [1.807, 2.05) is 0 Å². The van der Waals surface area contributed by atoms with Gasteiger partial charge in [0.05, 0.1) is 10.5 Å². The van der Waals surface area contributed by atoms with Crippen LogP contribution >= 0.6 is 0 Å². The normalized spacial score (nSPS) is 13.3. The van der Waals surface area contributed by atoms with Crippen molar-refractivity contribution in [3.05, 3.63) is 33.9 Å². The number of aliphatic hydroxyl groups is 1. The van der Waals surface area contributed by atoms with Crippen molar-refractivity contribution in [1.82, 2.24) is 0 Å². The molecule has 0 bridgehead atoms. The van der Waals surface area contributed by atoms with E-state index in [0.29, 0.717) is 13.0 Å². The molecular weight excluding hydrogens is 262 g/mol. The van der Waals surface area contributed by atoms with E-state index in [1.165, 1.54) is 19.2 Å². The Bertz CT molecular complexity index is 523. The average Bonchev–Trinajstić information content (AvgIpc) is 2.42. The summed E-state index contributed by atoms with van der Waals surface area (Å²) in [6, 6.07) is 6.22. The van der Waals surface area contributed by atoms with Gasteiger partial charge in [0, 0.05) is 26.7 Å². The van der Waals surface area contributed by atoms with Crippen LogP contribution in [0.1, 0.15) is 18.9 Å². The van der Waals surface area contributed by atoms with E-state index in [1.54, 1.807) is 19.1 Å². The molecule has 0 saturated carbocycles. The summed E-state index contributed by atoms with van der Waals surface area (Å²) in [6.45, 7) is 2.11. The van der Waals surface area contributed by atoms with Crippen molar-refractivity contribution in [2.75, 3.05) is 25.6 Å². The fraction of sp³-hybridized carbons (Fsp3) is 0.462. The third-order valence-corrected chi connectivity index (χ3v) is 2.84. The van der Waals surface area contributed by atoms with Crippen LogP contribution in [0.4, 0.5) is 11.4 Å². The molecule has 0 spiro atoms. The van der Waals surface area contributed by atoms with Crippen molar-refractivity contribution in [3.8, 4) is 6.07 Å². The number of ether oxygens (including phenoxy) is 1. The Morgan fingerprint density at radius 1 is 1.60 bits per heavy atom. The van der Waals surface area contributed by atoms with Gasteiger partial charge in [-0.05, 0) is 19.1 Å². The molecule has 0 aliphatic heterocycles. The third-order valence-electron chi connectivity index (χ3n) is 2.84. The number of nitro groups is 1. The lowest BCUT2D eigenvalue weighted by Gasteiger charge is -2.23. The lowest BCUT2D eigenvalue weighted by atomic mass is 10.0. The molecule has 0 aromatic heterocycles. The molecule has 1 aromatic carbocycles. The molecule has 0 fully saturated rings. The van der Waals surface area contributed by atoms with Crippen LogP contribution in [0.5, 0.6) is 0 Å². The Kier molecular flexibility index (Phi) is 5.43. The first-order chi connectivity index (χ1) is 9.41. The summed E-state index contributed by atoms with van der Waals surface area (Å²) in [5, 5.41) is 32.8. The molecule has 0 aliphatic rings. The van der Waals surface area contributed by atoms with Gasteiger partial charge in [-0.25, -0.2) is 0 Å². The number of para-hydroxylation sites is 1. The van der Waals surface area contributed by atoms with Crippen LogP contribution in [0.2, 0.25) is 0 Å². The molecule has 0 saturated heterocycles. The van der Waals surface area contributed by atoms with E-state index in [9.17, 15) is 15.2 Å². The van der Waals surface area contributed by atoms with Crippen LogP contribution in [0.15, 0.2) is 18.2 Å². The minimum Gasteiger partial charge on any atom is -0.388 e. The maximum atomic E-state index is 11.0. The predicted molar refractivity (Wildman–Crippen MR) is 73.4 cm³/mol. The Hall–Kier alpha value is -2.17. The average molecular weight is 279 g/mol. The fourth-order valence-electron chi connectivity index (χ4n) is 1.67. The highest BCUT2D eigenvalue weighted by molar-refractivity contribution is 5.68. The highest BCUT2D eigenvalue weighted by Crippen LogP contribution is 2.28. The number of benzene rings is 1. The number of nitrogens with zero attached hydrogens (tertiary/aromatic N) is 2. The standard InChI is InChI=1S/C13H17N3O4/c1-13(17,6-7-20-2)9-15-11-5-3-4-10(8-14)12(11)16(18)19/h3-5,15,17H,6-7,9H2,1-2H3. The summed E-state index contributed by atoms with van der Waals surface area (Å²) >= 11 is 0. The maximum absolute atomic E-state index is 11.0. The van der Waals surface area contributed by atoms with Gasteiger partial charge in [-0.1, -0.05) is 6.07 Å². The van der Waals surface area contributed by atoms with Crippen molar-refractivity contribution < 1.29 is 14.8 Å². The predicted octanol–water partition coefficient (Wildman–Crippen LogP) is 1.67. The molecule has 1 atom stereocenters. The number of methoxy groups -OCH3 is 1. The highest BCUT2D eigenvalue weighted by Gasteiger charge is 2.24. The summed E-state index contributed by atoms with van der Waals surface area (Å²) in [6.07, 6.45) is 0.391. The zero-order valence-corrected chi connectivity index (χ0v) is 11.4.